The van der Waals surface area contributed by atoms with Gasteiger partial charge in [0.2, 0.25) is 0 Å². The average Bonchev–Trinajstić information content (AvgIpc) is 2.38. The first-order valence-electron chi connectivity index (χ1n) is 6.14. The molecule has 0 bridgehead atoms. The summed E-state index contributed by atoms with van der Waals surface area (Å²) in [7, 11) is 0. The van der Waals surface area contributed by atoms with E-state index in [9.17, 15) is 4.39 Å². The Labute approximate surface area is 108 Å². The fourth-order valence-electron chi connectivity index (χ4n) is 2.12. The van der Waals surface area contributed by atoms with E-state index in [2.05, 4.69) is 26.5 Å². The van der Waals surface area contributed by atoms with Crippen molar-refractivity contribution < 1.29 is 4.39 Å². The second-order valence-corrected chi connectivity index (χ2v) is 4.68. The third kappa shape index (κ3) is 2.35. The molecule has 0 nitrogen and oxygen atoms in total. The summed E-state index contributed by atoms with van der Waals surface area (Å²) in [4.78, 5) is 0. The fraction of sp³-hybridized carbons (Fsp3) is 0.176. The van der Waals surface area contributed by atoms with Crippen LogP contribution in [-0.4, -0.2) is 0 Å². The summed E-state index contributed by atoms with van der Waals surface area (Å²) in [5.41, 5.74) is 3.80. The number of benzene rings is 2. The molecule has 2 rings (SSSR count). The Morgan fingerprint density at radius 3 is 2.44 bits per heavy atom. The Morgan fingerprint density at radius 1 is 1.11 bits per heavy atom. The highest BCUT2D eigenvalue weighted by atomic mass is 19.1. The predicted octanol–water partition coefficient (Wildman–Crippen LogP) is 5.26. The van der Waals surface area contributed by atoms with Gasteiger partial charge < -0.3 is 0 Å². The topological polar surface area (TPSA) is 0 Å². The van der Waals surface area contributed by atoms with Crippen LogP contribution in [0.2, 0.25) is 0 Å². The average molecular weight is 240 g/mol. The minimum atomic E-state index is -0.221. The summed E-state index contributed by atoms with van der Waals surface area (Å²) < 4.78 is 13.8. The Bertz CT molecular complexity index is 568. The van der Waals surface area contributed by atoms with Crippen LogP contribution in [0.15, 0.2) is 49.0 Å². The Morgan fingerprint density at radius 2 is 1.83 bits per heavy atom. The normalized spacial score (nSPS) is 10.7. The predicted molar refractivity (Wildman–Crippen MR) is 76.0 cm³/mol. The summed E-state index contributed by atoms with van der Waals surface area (Å²) >= 11 is 0. The third-order valence-corrected chi connectivity index (χ3v) is 3.11. The largest absolute Gasteiger partial charge is 0.206 e. The van der Waals surface area contributed by atoms with E-state index >= 15 is 0 Å². The maximum Gasteiger partial charge on any atom is 0.131 e. The summed E-state index contributed by atoms with van der Waals surface area (Å²) in [5.74, 6) is 0.199. The highest BCUT2D eigenvalue weighted by Gasteiger charge is 2.09. The molecule has 0 unspecified atom stereocenters. The zero-order valence-electron chi connectivity index (χ0n) is 10.8. The summed E-state index contributed by atoms with van der Waals surface area (Å²) in [5, 5.41) is 0. The maximum absolute atomic E-state index is 13.8. The number of rotatable bonds is 3. The van der Waals surface area contributed by atoms with Crippen LogP contribution in [0.1, 0.15) is 30.9 Å². The van der Waals surface area contributed by atoms with E-state index in [-0.39, 0.29) is 5.82 Å². The lowest BCUT2D eigenvalue weighted by atomic mass is 9.92. The van der Waals surface area contributed by atoms with Crippen molar-refractivity contribution in [1.29, 1.82) is 0 Å². The van der Waals surface area contributed by atoms with E-state index in [1.165, 1.54) is 11.6 Å². The van der Waals surface area contributed by atoms with Crippen LogP contribution in [0.25, 0.3) is 17.2 Å². The monoisotopic (exact) mass is 240 g/mol. The molecule has 0 aliphatic carbocycles. The van der Waals surface area contributed by atoms with E-state index in [1.807, 2.05) is 24.3 Å². The second-order valence-electron chi connectivity index (χ2n) is 4.68. The van der Waals surface area contributed by atoms with Crippen molar-refractivity contribution in [3.05, 3.63) is 66.0 Å². The van der Waals surface area contributed by atoms with Crippen molar-refractivity contribution in [2.75, 3.05) is 0 Å². The van der Waals surface area contributed by atoms with Gasteiger partial charge >= 0.3 is 0 Å². The van der Waals surface area contributed by atoms with Gasteiger partial charge in [-0.25, -0.2) is 4.39 Å². The van der Waals surface area contributed by atoms with E-state index in [1.54, 1.807) is 12.1 Å². The number of hydrogen-bond acceptors (Lipinski definition) is 0. The molecule has 0 amide bonds. The van der Waals surface area contributed by atoms with Crippen LogP contribution < -0.4 is 0 Å². The minimum absolute atomic E-state index is 0.221. The molecular formula is C17H17F. The van der Waals surface area contributed by atoms with Crippen LogP contribution in [-0.2, 0) is 0 Å². The molecule has 1 heteroatoms. The van der Waals surface area contributed by atoms with Gasteiger partial charge in [-0.3, -0.25) is 0 Å². The molecule has 0 atom stereocenters. The van der Waals surface area contributed by atoms with Crippen molar-refractivity contribution >= 4 is 6.08 Å². The van der Waals surface area contributed by atoms with Gasteiger partial charge in [-0.1, -0.05) is 62.9 Å². The van der Waals surface area contributed by atoms with Gasteiger partial charge in [0, 0.05) is 5.56 Å². The summed E-state index contributed by atoms with van der Waals surface area (Å²) in [6.07, 6.45) is 1.54. The molecule has 0 saturated carbocycles. The van der Waals surface area contributed by atoms with Gasteiger partial charge in [0.25, 0.3) is 0 Å². The van der Waals surface area contributed by atoms with Gasteiger partial charge in [0.1, 0.15) is 5.82 Å². The molecule has 92 valence electrons. The lowest BCUT2D eigenvalue weighted by Crippen LogP contribution is -1.93. The zero-order chi connectivity index (χ0) is 13.1. The van der Waals surface area contributed by atoms with E-state index in [4.69, 9.17) is 0 Å². The molecule has 0 fully saturated rings. The van der Waals surface area contributed by atoms with Crippen molar-refractivity contribution in [1.82, 2.24) is 0 Å². The Kier molecular flexibility index (Phi) is 3.61. The molecule has 0 saturated heterocycles. The molecule has 18 heavy (non-hydrogen) atoms. The van der Waals surface area contributed by atoms with Gasteiger partial charge in [-0.15, -0.1) is 0 Å². The van der Waals surface area contributed by atoms with E-state index < -0.39 is 0 Å². The van der Waals surface area contributed by atoms with Crippen LogP contribution in [0.4, 0.5) is 4.39 Å². The highest BCUT2D eigenvalue weighted by molar-refractivity contribution is 5.69. The van der Waals surface area contributed by atoms with Crippen molar-refractivity contribution in [3.63, 3.8) is 0 Å². The van der Waals surface area contributed by atoms with Gasteiger partial charge in [0.05, 0.1) is 0 Å². The van der Waals surface area contributed by atoms with E-state index in [0.717, 1.165) is 11.1 Å². The van der Waals surface area contributed by atoms with Gasteiger partial charge in [0.15, 0.2) is 0 Å². The standard InChI is InChI=1S/C17H17F/c1-4-13-9-10-14(11-17(13)18)16-8-6-5-7-15(16)12(2)3/h4-12H,1H2,2-3H3. The molecule has 2 aromatic carbocycles. The van der Waals surface area contributed by atoms with Crippen LogP contribution >= 0.6 is 0 Å². The Hall–Kier alpha value is -1.89. The third-order valence-electron chi connectivity index (χ3n) is 3.11. The molecule has 0 heterocycles. The molecular weight excluding hydrogens is 223 g/mol. The molecule has 0 N–H and O–H groups in total. The minimum Gasteiger partial charge on any atom is -0.206 e. The molecule has 0 aliphatic heterocycles. The zero-order valence-corrected chi connectivity index (χ0v) is 10.8. The molecule has 0 aromatic heterocycles. The number of halogens is 1. The first-order chi connectivity index (χ1) is 8.63. The lowest BCUT2D eigenvalue weighted by molar-refractivity contribution is 0.625. The van der Waals surface area contributed by atoms with Gasteiger partial charge in [-0.05, 0) is 28.7 Å². The van der Waals surface area contributed by atoms with Crippen molar-refractivity contribution in [2.45, 2.75) is 19.8 Å². The second kappa shape index (κ2) is 5.18. The smallest absolute Gasteiger partial charge is 0.131 e. The SMILES string of the molecule is C=Cc1ccc(-c2ccccc2C(C)C)cc1F. The Balaban J connectivity index is 2.55. The number of hydrogen-bond donors (Lipinski definition) is 0. The van der Waals surface area contributed by atoms with Crippen molar-refractivity contribution in [2.24, 2.45) is 0 Å². The van der Waals surface area contributed by atoms with Crippen LogP contribution in [0, 0.1) is 5.82 Å². The summed E-state index contributed by atoms with van der Waals surface area (Å²) in [6.45, 7) is 7.89. The van der Waals surface area contributed by atoms with E-state index in [0.29, 0.717) is 11.5 Å². The molecule has 0 aliphatic rings. The fourth-order valence-corrected chi connectivity index (χ4v) is 2.12. The quantitative estimate of drug-likeness (QED) is 0.686. The first-order valence-corrected chi connectivity index (χ1v) is 6.14. The molecule has 0 radical (unpaired) electrons. The van der Waals surface area contributed by atoms with Crippen LogP contribution in [0.5, 0.6) is 0 Å². The van der Waals surface area contributed by atoms with Crippen molar-refractivity contribution in [3.8, 4) is 11.1 Å². The lowest BCUT2D eigenvalue weighted by Gasteiger charge is -2.13. The van der Waals surface area contributed by atoms with Gasteiger partial charge in [-0.2, -0.15) is 0 Å². The van der Waals surface area contributed by atoms with Crippen LogP contribution in [0.3, 0.4) is 0 Å². The first kappa shape index (κ1) is 12.6. The molecule has 2 aromatic rings. The molecule has 0 spiro atoms. The maximum atomic E-state index is 13.8. The highest BCUT2D eigenvalue weighted by Crippen LogP contribution is 2.30. The summed E-state index contributed by atoms with van der Waals surface area (Å²) in [6, 6.07) is 13.4.